The molecule has 1 aromatic heterocycles. The Morgan fingerprint density at radius 1 is 1.30 bits per heavy atom. The third-order valence-corrected chi connectivity index (χ3v) is 3.78. The summed E-state index contributed by atoms with van der Waals surface area (Å²) < 4.78 is 19.2. The minimum absolute atomic E-state index is 0.251. The molecule has 1 heterocycles. The molecule has 0 fully saturated rings. The van der Waals surface area contributed by atoms with Gasteiger partial charge in [0.2, 0.25) is 0 Å². The number of nitrogens with one attached hydrogen (secondary N) is 1. The molecular weight excluding hydrogens is 273 g/mol. The van der Waals surface area contributed by atoms with E-state index in [1.54, 1.807) is 17.4 Å². The van der Waals surface area contributed by atoms with Crippen LogP contribution in [0.3, 0.4) is 0 Å². The summed E-state index contributed by atoms with van der Waals surface area (Å²) in [6, 6.07) is 9.36. The molecule has 108 valence electrons. The van der Waals surface area contributed by atoms with Gasteiger partial charge < -0.3 is 10.1 Å². The van der Waals surface area contributed by atoms with Crippen LogP contribution in [0.4, 0.5) is 4.39 Å². The maximum Gasteiger partial charge on any atom is 0.127 e. The molecule has 0 amide bonds. The van der Waals surface area contributed by atoms with Crippen molar-refractivity contribution in [1.82, 2.24) is 5.32 Å². The lowest BCUT2D eigenvalue weighted by Gasteiger charge is -2.11. The summed E-state index contributed by atoms with van der Waals surface area (Å²) in [7, 11) is 0. The minimum Gasteiger partial charge on any atom is -0.493 e. The molecule has 0 atom stereocenters. The van der Waals surface area contributed by atoms with Crippen molar-refractivity contribution in [3.63, 3.8) is 0 Å². The van der Waals surface area contributed by atoms with Gasteiger partial charge in [0.05, 0.1) is 6.61 Å². The summed E-state index contributed by atoms with van der Waals surface area (Å²) in [6.45, 7) is 5.35. The molecule has 2 aromatic rings. The maximum absolute atomic E-state index is 13.5. The summed E-state index contributed by atoms with van der Waals surface area (Å²) in [5.41, 5.74) is 0.907. The second-order valence-corrected chi connectivity index (χ2v) is 6.04. The molecule has 1 N–H and O–H groups in total. The minimum atomic E-state index is -0.251. The van der Waals surface area contributed by atoms with Crippen LogP contribution in [0.5, 0.6) is 5.75 Å². The fourth-order valence-electron chi connectivity index (χ4n) is 1.85. The van der Waals surface area contributed by atoms with Crippen molar-refractivity contribution in [1.29, 1.82) is 0 Å². The van der Waals surface area contributed by atoms with Gasteiger partial charge in [-0.15, -0.1) is 11.3 Å². The van der Waals surface area contributed by atoms with Crippen molar-refractivity contribution in [2.24, 2.45) is 0 Å². The first-order valence-electron chi connectivity index (χ1n) is 6.81. The molecule has 0 bridgehead atoms. The number of benzene rings is 1. The monoisotopic (exact) mass is 293 g/mol. The van der Waals surface area contributed by atoms with E-state index in [1.807, 2.05) is 17.5 Å². The van der Waals surface area contributed by atoms with Crippen molar-refractivity contribution in [2.45, 2.75) is 32.9 Å². The third-order valence-electron chi connectivity index (χ3n) is 2.84. The van der Waals surface area contributed by atoms with Gasteiger partial charge in [-0.05, 0) is 29.1 Å². The number of thiophene rings is 1. The first-order valence-corrected chi connectivity index (χ1v) is 7.69. The van der Waals surface area contributed by atoms with E-state index in [2.05, 4.69) is 25.2 Å². The van der Waals surface area contributed by atoms with Crippen molar-refractivity contribution < 1.29 is 9.13 Å². The van der Waals surface area contributed by atoms with Gasteiger partial charge in [-0.2, -0.15) is 0 Å². The van der Waals surface area contributed by atoms with Crippen LogP contribution < -0.4 is 10.1 Å². The van der Waals surface area contributed by atoms with Gasteiger partial charge >= 0.3 is 0 Å². The van der Waals surface area contributed by atoms with E-state index in [0.29, 0.717) is 24.9 Å². The van der Waals surface area contributed by atoms with E-state index in [4.69, 9.17) is 4.74 Å². The number of hydrogen-bond donors (Lipinski definition) is 1. The van der Waals surface area contributed by atoms with Gasteiger partial charge in [0, 0.05) is 30.0 Å². The predicted octanol–water partition coefficient (Wildman–Crippen LogP) is 4.01. The summed E-state index contributed by atoms with van der Waals surface area (Å²) in [5, 5.41) is 5.32. The molecule has 0 radical (unpaired) electrons. The van der Waals surface area contributed by atoms with Crippen LogP contribution in [0.2, 0.25) is 0 Å². The first kappa shape index (κ1) is 15.0. The highest BCUT2D eigenvalue weighted by Gasteiger charge is 2.03. The number of ether oxygens (including phenoxy) is 1. The molecular formula is C16H20FNOS. The highest BCUT2D eigenvalue weighted by atomic mass is 32.1. The Labute approximate surface area is 123 Å². The highest BCUT2D eigenvalue weighted by molar-refractivity contribution is 7.09. The molecule has 4 heteroatoms. The summed E-state index contributed by atoms with van der Waals surface area (Å²) in [6.07, 6.45) is 0.855. The lowest BCUT2D eigenvalue weighted by Crippen LogP contribution is -2.21. The molecule has 20 heavy (non-hydrogen) atoms. The average Bonchev–Trinajstić information content (AvgIpc) is 2.89. The molecule has 0 aliphatic rings. The van der Waals surface area contributed by atoms with Crippen LogP contribution in [-0.4, -0.2) is 12.6 Å². The standard InChI is InChI=1S/C16H20FNOS/c1-12(2)18-11-13-8-14(17)10-15(9-13)19-6-5-16-4-3-7-20-16/h3-4,7-10,12,18H,5-6,11H2,1-2H3. The lowest BCUT2D eigenvalue weighted by molar-refractivity contribution is 0.320. The summed E-state index contributed by atoms with van der Waals surface area (Å²) in [5.74, 6) is 0.348. The van der Waals surface area contributed by atoms with E-state index in [-0.39, 0.29) is 5.82 Å². The molecule has 0 spiro atoms. The van der Waals surface area contributed by atoms with Gasteiger partial charge in [0.25, 0.3) is 0 Å². The van der Waals surface area contributed by atoms with Gasteiger partial charge in [-0.3, -0.25) is 0 Å². The van der Waals surface area contributed by atoms with Crippen LogP contribution in [-0.2, 0) is 13.0 Å². The molecule has 0 saturated carbocycles. The Morgan fingerprint density at radius 3 is 2.85 bits per heavy atom. The van der Waals surface area contributed by atoms with E-state index < -0.39 is 0 Å². The SMILES string of the molecule is CC(C)NCc1cc(F)cc(OCCc2cccs2)c1. The number of hydrogen-bond acceptors (Lipinski definition) is 3. The van der Waals surface area contributed by atoms with Gasteiger partial charge in [0.15, 0.2) is 0 Å². The number of halogens is 1. The second-order valence-electron chi connectivity index (χ2n) is 5.01. The van der Waals surface area contributed by atoms with Crippen LogP contribution >= 0.6 is 11.3 Å². The normalized spacial score (nSPS) is 11.0. The van der Waals surface area contributed by atoms with Crippen LogP contribution in [0.25, 0.3) is 0 Å². The molecule has 2 nitrogen and oxygen atoms in total. The smallest absolute Gasteiger partial charge is 0.127 e. The average molecular weight is 293 g/mol. The van der Waals surface area contributed by atoms with Crippen LogP contribution in [0.15, 0.2) is 35.7 Å². The highest BCUT2D eigenvalue weighted by Crippen LogP contribution is 2.17. The zero-order valence-electron chi connectivity index (χ0n) is 11.9. The topological polar surface area (TPSA) is 21.3 Å². The fourth-order valence-corrected chi connectivity index (χ4v) is 2.54. The Balaban J connectivity index is 1.90. The second kappa shape index (κ2) is 7.41. The molecule has 0 aliphatic carbocycles. The van der Waals surface area contributed by atoms with E-state index >= 15 is 0 Å². The van der Waals surface area contributed by atoms with E-state index in [1.165, 1.54) is 10.9 Å². The fraction of sp³-hybridized carbons (Fsp3) is 0.375. The van der Waals surface area contributed by atoms with Crippen LogP contribution in [0, 0.1) is 5.82 Å². The predicted molar refractivity (Wildman–Crippen MR) is 81.9 cm³/mol. The maximum atomic E-state index is 13.5. The molecule has 2 rings (SSSR count). The first-order chi connectivity index (χ1) is 9.63. The molecule has 0 saturated heterocycles. The third kappa shape index (κ3) is 4.94. The van der Waals surface area contributed by atoms with Crippen molar-refractivity contribution in [3.8, 4) is 5.75 Å². The lowest BCUT2D eigenvalue weighted by atomic mass is 10.2. The number of rotatable bonds is 7. The largest absolute Gasteiger partial charge is 0.493 e. The van der Waals surface area contributed by atoms with E-state index in [0.717, 1.165) is 12.0 Å². The molecule has 0 aliphatic heterocycles. The van der Waals surface area contributed by atoms with Crippen molar-refractivity contribution in [2.75, 3.05) is 6.61 Å². The Kier molecular flexibility index (Phi) is 5.56. The Hall–Kier alpha value is -1.39. The zero-order valence-corrected chi connectivity index (χ0v) is 12.7. The van der Waals surface area contributed by atoms with Crippen molar-refractivity contribution in [3.05, 3.63) is 52.0 Å². The Morgan fingerprint density at radius 2 is 2.15 bits per heavy atom. The van der Waals surface area contributed by atoms with Crippen LogP contribution in [0.1, 0.15) is 24.3 Å². The summed E-state index contributed by atoms with van der Waals surface area (Å²) in [4.78, 5) is 1.28. The Bertz CT molecular complexity index is 525. The molecule has 0 unspecified atom stereocenters. The van der Waals surface area contributed by atoms with Gasteiger partial charge in [-0.1, -0.05) is 19.9 Å². The summed E-state index contributed by atoms with van der Waals surface area (Å²) >= 11 is 1.71. The zero-order chi connectivity index (χ0) is 14.4. The van der Waals surface area contributed by atoms with Gasteiger partial charge in [0.1, 0.15) is 11.6 Å². The van der Waals surface area contributed by atoms with Gasteiger partial charge in [-0.25, -0.2) is 4.39 Å². The van der Waals surface area contributed by atoms with Crippen molar-refractivity contribution >= 4 is 11.3 Å². The molecule has 1 aromatic carbocycles. The van der Waals surface area contributed by atoms with E-state index in [9.17, 15) is 4.39 Å². The quantitative estimate of drug-likeness (QED) is 0.833.